The number of hydrogen-bond donors (Lipinski definition) is 1. The Hall–Kier alpha value is -1.97. The average Bonchev–Trinajstić information content (AvgIpc) is 2.86. The predicted molar refractivity (Wildman–Crippen MR) is 81.3 cm³/mol. The molecule has 1 aromatic carbocycles. The lowest BCUT2D eigenvalue weighted by atomic mass is 10.1. The zero-order chi connectivity index (χ0) is 14.8. The number of nitriles is 1. The van der Waals surface area contributed by atoms with Gasteiger partial charge in [0.05, 0.1) is 0 Å². The molecule has 1 unspecified atom stereocenters. The van der Waals surface area contributed by atoms with Gasteiger partial charge in [0.1, 0.15) is 29.8 Å². The SMILES string of the molecule is CC(Nc1snc(Cl)c1C#N)c1ccc2c(c1)OCCO2. The average molecular weight is 322 g/mol. The topological polar surface area (TPSA) is 67.2 Å². The van der Waals surface area contributed by atoms with Gasteiger partial charge in [-0.25, -0.2) is 0 Å². The minimum Gasteiger partial charge on any atom is -0.486 e. The molecule has 0 saturated carbocycles. The number of benzene rings is 1. The first kappa shape index (κ1) is 14.0. The van der Waals surface area contributed by atoms with Crippen molar-refractivity contribution < 1.29 is 9.47 Å². The second kappa shape index (κ2) is 5.80. The van der Waals surface area contributed by atoms with E-state index < -0.39 is 0 Å². The lowest BCUT2D eigenvalue weighted by Crippen LogP contribution is -2.16. The van der Waals surface area contributed by atoms with Crippen molar-refractivity contribution in [2.45, 2.75) is 13.0 Å². The molecule has 1 atom stereocenters. The third-order valence-corrected chi connectivity index (χ3v) is 4.33. The molecule has 21 heavy (non-hydrogen) atoms. The first-order chi connectivity index (χ1) is 10.2. The number of rotatable bonds is 3. The number of nitrogens with one attached hydrogen (secondary N) is 1. The van der Waals surface area contributed by atoms with Gasteiger partial charge in [0.15, 0.2) is 16.7 Å². The van der Waals surface area contributed by atoms with Crippen LogP contribution in [0.3, 0.4) is 0 Å². The van der Waals surface area contributed by atoms with E-state index in [0.717, 1.165) is 17.1 Å². The van der Waals surface area contributed by atoms with E-state index in [2.05, 4.69) is 15.8 Å². The highest BCUT2D eigenvalue weighted by molar-refractivity contribution is 7.10. The summed E-state index contributed by atoms with van der Waals surface area (Å²) in [5, 5.41) is 13.3. The zero-order valence-electron chi connectivity index (χ0n) is 11.2. The molecule has 5 nitrogen and oxygen atoms in total. The second-order valence-electron chi connectivity index (χ2n) is 4.56. The van der Waals surface area contributed by atoms with Crippen LogP contribution in [0.15, 0.2) is 18.2 Å². The summed E-state index contributed by atoms with van der Waals surface area (Å²) >= 11 is 7.05. The molecule has 0 radical (unpaired) electrons. The van der Waals surface area contributed by atoms with Crippen molar-refractivity contribution in [2.24, 2.45) is 0 Å². The van der Waals surface area contributed by atoms with E-state index in [1.165, 1.54) is 11.5 Å². The van der Waals surface area contributed by atoms with Crippen LogP contribution in [0.4, 0.5) is 5.00 Å². The first-order valence-corrected chi connectivity index (χ1v) is 7.55. The molecule has 108 valence electrons. The smallest absolute Gasteiger partial charge is 0.162 e. The quantitative estimate of drug-likeness (QED) is 0.935. The van der Waals surface area contributed by atoms with E-state index in [1.807, 2.05) is 25.1 Å². The van der Waals surface area contributed by atoms with Gasteiger partial charge in [-0.05, 0) is 36.2 Å². The highest BCUT2D eigenvalue weighted by Gasteiger charge is 2.17. The Bertz CT molecular complexity index is 711. The van der Waals surface area contributed by atoms with Gasteiger partial charge in [-0.3, -0.25) is 0 Å². The van der Waals surface area contributed by atoms with Crippen LogP contribution >= 0.6 is 23.1 Å². The summed E-state index contributed by atoms with van der Waals surface area (Å²) in [6, 6.07) is 7.86. The van der Waals surface area contributed by atoms with Crippen LogP contribution in [0.5, 0.6) is 11.5 Å². The van der Waals surface area contributed by atoms with E-state index in [9.17, 15) is 0 Å². The summed E-state index contributed by atoms with van der Waals surface area (Å²) in [6.07, 6.45) is 0. The molecule has 1 N–H and O–H groups in total. The van der Waals surface area contributed by atoms with Crippen molar-refractivity contribution in [2.75, 3.05) is 18.5 Å². The van der Waals surface area contributed by atoms with Gasteiger partial charge < -0.3 is 14.8 Å². The monoisotopic (exact) mass is 321 g/mol. The maximum atomic E-state index is 9.09. The lowest BCUT2D eigenvalue weighted by Gasteiger charge is -2.21. The van der Waals surface area contributed by atoms with E-state index in [1.54, 1.807) is 0 Å². The number of aromatic nitrogens is 1. The Morgan fingerprint density at radius 2 is 2.14 bits per heavy atom. The van der Waals surface area contributed by atoms with Crippen molar-refractivity contribution in [1.29, 1.82) is 5.26 Å². The van der Waals surface area contributed by atoms with Gasteiger partial charge >= 0.3 is 0 Å². The van der Waals surface area contributed by atoms with Crippen LogP contribution in [-0.4, -0.2) is 17.6 Å². The van der Waals surface area contributed by atoms with E-state index in [0.29, 0.717) is 23.8 Å². The molecule has 1 aliphatic heterocycles. The summed E-state index contributed by atoms with van der Waals surface area (Å²) in [4.78, 5) is 0. The number of nitrogens with zero attached hydrogens (tertiary/aromatic N) is 2. The highest BCUT2D eigenvalue weighted by atomic mass is 35.5. The number of fused-ring (bicyclic) bond motifs is 1. The lowest BCUT2D eigenvalue weighted by molar-refractivity contribution is 0.171. The molecule has 0 bridgehead atoms. The molecule has 0 aliphatic carbocycles. The van der Waals surface area contributed by atoms with Gasteiger partial charge in [0.2, 0.25) is 0 Å². The third kappa shape index (κ3) is 2.75. The molecule has 0 spiro atoms. The van der Waals surface area contributed by atoms with Crippen LogP contribution in [0.1, 0.15) is 24.1 Å². The number of halogens is 1. The largest absolute Gasteiger partial charge is 0.486 e. The van der Waals surface area contributed by atoms with Crippen LogP contribution in [0, 0.1) is 11.3 Å². The fraction of sp³-hybridized carbons (Fsp3) is 0.286. The van der Waals surface area contributed by atoms with Gasteiger partial charge in [-0.15, -0.1) is 0 Å². The van der Waals surface area contributed by atoms with Gasteiger partial charge in [0, 0.05) is 6.04 Å². The standard InChI is InChI=1S/C14H12ClN3O2S/c1-8(17-14-10(7-16)13(15)18-21-14)9-2-3-11-12(6-9)20-5-4-19-11/h2-3,6,8,17H,4-5H2,1H3. The molecule has 1 aromatic heterocycles. The summed E-state index contributed by atoms with van der Waals surface area (Å²) in [6.45, 7) is 3.13. The minimum atomic E-state index is -0.00977. The molecule has 0 saturated heterocycles. The fourth-order valence-corrected chi connectivity index (χ4v) is 3.10. The van der Waals surface area contributed by atoms with Crippen molar-refractivity contribution in [3.05, 3.63) is 34.5 Å². The predicted octanol–water partition coefficient (Wildman–Crippen LogP) is 3.61. The number of ether oxygens (including phenoxy) is 2. The van der Waals surface area contributed by atoms with Crippen LogP contribution in [0.2, 0.25) is 5.15 Å². The summed E-state index contributed by atoms with van der Waals surface area (Å²) < 4.78 is 15.1. The summed E-state index contributed by atoms with van der Waals surface area (Å²) in [7, 11) is 0. The first-order valence-electron chi connectivity index (χ1n) is 6.40. The Labute approximate surface area is 131 Å². The van der Waals surface area contributed by atoms with E-state index in [-0.39, 0.29) is 11.2 Å². The Balaban J connectivity index is 1.82. The molecule has 3 rings (SSSR count). The van der Waals surface area contributed by atoms with Crippen molar-refractivity contribution in [1.82, 2.24) is 4.37 Å². The molecule has 0 fully saturated rings. The van der Waals surface area contributed by atoms with Crippen LogP contribution < -0.4 is 14.8 Å². The minimum absolute atomic E-state index is 0.00977. The Morgan fingerprint density at radius 1 is 1.38 bits per heavy atom. The zero-order valence-corrected chi connectivity index (χ0v) is 12.8. The second-order valence-corrected chi connectivity index (χ2v) is 5.69. The number of hydrogen-bond acceptors (Lipinski definition) is 6. The van der Waals surface area contributed by atoms with Gasteiger partial charge in [-0.2, -0.15) is 9.64 Å². The van der Waals surface area contributed by atoms with Crippen LogP contribution in [0.25, 0.3) is 0 Å². The van der Waals surface area contributed by atoms with Crippen molar-refractivity contribution >= 4 is 28.1 Å². The summed E-state index contributed by atoms with van der Waals surface area (Å²) in [5.74, 6) is 1.51. The van der Waals surface area contributed by atoms with Crippen LogP contribution in [-0.2, 0) is 0 Å². The molecule has 7 heteroatoms. The molecule has 2 heterocycles. The number of anilines is 1. The van der Waals surface area contributed by atoms with E-state index in [4.69, 9.17) is 26.3 Å². The van der Waals surface area contributed by atoms with E-state index >= 15 is 0 Å². The molecular formula is C14H12ClN3O2S. The molecular weight excluding hydrogens is 310 g/mol. The van der Waals surface area contributed by atoms with Crippen molar-refractivity contribution in [3.63, 3.8) is 0 Å². The molecule has 2 aromatic rings. The molecule has 1 aliphatic rings. The fourth-order valence-electron chi connectivity index (χ4n) is 2.08. The maximum Gasteiger partial charge on any atom is 0.162 e. The Kier molecular flexibility index (Phi) is 3.86. The normalized spacial score (nSPS) is 14.3. The summed E-state index contributed by atoms with van der Waals surface area (Å²) in [5.41, 5.74) is 1.42. The Morgan fingerprint density at radius 3 is 2.90 bits per heavy atom. The van der Waals surface area contributed by atoms with Gasteiger partial charge in [0.25, 0.3) is 0 Å². The maximum absolute atomic E-state index is 9.09. The van der Waals surface area contributed by atoms with Crippen molar-refractivity contribution in [3.8, 4) is 17.6 Å². The van der Waals surface area contributed by atoms with Gasteiger partial charge in [-0.1, -0.05) is 17.7 Å². The molecule has 0 amide bonds. The third-order valence-electron chi connectivity index (χ3n) is 3.18. The highest BCUT2D eigenvalue weighted by Crippen LogP contribution is 2.35.